The largest absolute Gasteiger partial charge is 0.495 e. The zero-order chi connectivity index (χ0) is 21.8. The molecule has 1 aliphatic rings. The van der Waals surface area contributed by atoms with Crippen LogP contribution >= 0.6 is 11.6 Å². The van der Waals surface area contributed by atoms with E-state index in [2.05, 4.69) is 20.4 Å². The van der Waals surface area contributed by atoms with Gasteiger partial charge in [-0.15, -0.1) is 10.2 Å². The lowest BCUT2D eigenvalue weighted by Gasteiger charge is -2.33. The van der Waals surface area contributed by atoms with Crippen LogP contribution in [0.2, 0.25) is 5.02 Å². The lowest BCUT2D eigenvalue weighted by Crippen LogP contribution is -2.34. The maximum absolute atomic E-state index is 9.21. The average Bonchev–Trinajstić information content (AvgIpc) is 2.78. The number of methoxy groups -OCH3 is 1. The summed E-state index contributed by atoms with van der Waals surface area (Å²) in [5.74, 6) is 2.80. The van der Waals surface area contributed by atoms with Crippen molar-refractivity contribution < 1.29 is 9.84 Å². The number of aliphatic hydroxyl groups excluding tert-OH is 1. The maximum atomic E-state index is 9.21. The molecule has 4 rings (SSSR count). The molecule has 0 atom stereocenters. The number of piperidine rings is 1. The second kappa shape index (κ2) is 9.58. The van der Waals surface area contributed by atoms with Gasteiger partial charge in [-0.3, -0.25) is 0 Å². The van der Waals surface area contributed by atoms with Gasteiger partial charge in [-0.2, -0.15) is 0 Å². The predicted octanol–water partition coefficient (Wildman–Crippen LogP) is 4.08. The van der Waals surface area contributed by atoms with Crippen LogP contribution in [-0.2, 0) is 6.54 Å². The molecule has 4 N–H and O–H groups in total. The Morgan fingerprint density at radius 3 is 2.68 bits per heavy atom. The third kappa shape index (κ3) is 4.78. The number of aliphatic hydroxyl groups is 1. The topological polar surface area (TPSA) is 96.5 Å². The first-order valence-corrected chi connectivity index (χ1v) is 10.9. The van der Waals surface area contributed by atoms with Crippen LogP contribution in [0.25, 0.3) is 10.8 Å². The summed E-state index contributed by atoms with van der Waals surface area (Å²) in [7, 11) is 1.60. The van der Waals surface area contributed by atoms with Gasteiger partial charge < -0.3 is 25.8 Å². The quantitative estimate of drug-likeness (QED) is 0.475. The third-order valence-corrected chi connectivity index (χ3v) is 6.21. The highest BCUT2D eigenvalue weighted by Gasteiger charge is 2.22. The van der Waals surface area contributed by atoms with Crippen LogP contribution in [0.1, 0.15) is 24.8 Å². The Morgan fingerprint density at radius 1 is 1.16 bits per heavy atom. The molecule has 31 heavy (non-hydrogen) atoms. The van der Waals surface area contributed by atoms with Gasteiger partial charge in [0.25, 0.3) is 0 Å². The summed E-state index contributed by atoms with van der Waals surface area (Å²) in [6.07, 6.45) is 2.98. The molecule has 0 bridgehead atoms. The summed E-state index contributed by atoms with van der Waals surface area (Å²) in [5.41, 5.74) is 7.78. The number of halogens is 1. The first-order chi connectivity index (χ1) is 15.1. The van der Waals surface area contributed by atoms with E-state index in [1.165, 1.54) is 0 Å². The lowest BCUT2D eigenvalue weighted by molar-refractivity contribution is 0.240. The van der Waals surface area contributed by atoms with Crippen molar-refractivity contribution in [2.75, 3.05) is 42.8 Å². The second-order valence-electron chi connectivity index (χ2n) is 7.94. The molecule has 8 heteroatoms. The van der Waals surface area contributed by atoms with Gasteiger partial charge in [0.1, 0.15) is 5.75 Å². The minimum Gasteiger partial charge on any atom is -0.495 e. The number of aromatic nitrogens is 2. The molecule has 2 heterocycles. The number of rotatable bonds is 7. The van der Waals surface area contributed by atoms with E-state index in [4.69, 9.17) is 22.1 Å². The van der Waals surface area contributed by atoms with Crippen molar-refractivity contribution in [2.45, 2.75) is 25.8 Å². The second-order valence-corrected chi connectivity index (χ2v) is 8.35. The molecule has 0 unspecified atom stereocenters. The van der Waals surface area contributed by atoms with Crippen molar-refractivity contribution >= 4 is 39.7 Å². The number of nitrogen functional groups attached to an aromatic ring is 1. The van der Waals surface area contributed by atoms with Gasteiger partial charge in [0, 0.05) is 42.7 Å². The van der Waals surface area contributed by atoms with Crippen molar-refractivity contribution in [1.29, 1.82) is 0 Å². The van der Waals surface area contributed by atoms with E-state index in [9.17, 15) is 5.11 Å². The third-order valence-electron chi connectivity index (χ3n) is 5.91. The highest BCUT2D eigenvalue weighted by molar-refractivity contribution is 6.32. The van der Waals surface area contributed by atoms with Crippen LogP contribution in [0.4, 0.5) is 17.3 Å². The molecule has 1 fully saturated rings. The van der Waals surface area contributed by atoms with Crippen LogP contribution in [-0.4, -0.2) is 42.1 Å². The average molecular weight is 442 g/mol. The van der Waals surface area contributed by atoms with Crippen LogP contribution < -0.4 is 20.7 Å². The van der Waals surface area contributed by atoms with Crippen molar-refractivity contribution in [1.82, 2.24) is 10.2 Å². The standard InChI is InChI=1S/C23H28ClN5O2/c1-31-21-5-2-16(12-20(21)24)14-26-22-19-13-17(25)3-4-18(19)23(28-27-22)29-9-6-15(7-10-29)8-11-30/h2-5,12-13,15,30H,6-11,14,25H2,1H3,(H,26,27). The first kappa shape index (κ1) is 21.5. The number of nitrogens with zero attached hydrogens (tertiary/aromatic N) is 3. The number of hydrogen-bond donors (Lipinski definition) is 3. The van der Waals surface area contributed by atoms with Crippen molar-refractivity contribution in [3.63, 3.8) is 0 Å². The molecule has 2 aromatic carbocycles. The predicted molar refractivity (Wildman–Crippen MR) is 126 cm³/mol. The molecule has 1 aliphatic heterocycles. The number of anilines is 3. The fraction of sp³-hybridized carbons (Fsp3) is 0.391. The van der Waals surface area contributed by atoms with Crippen molar-refractivity contribution in [3.05, 3.63) is 47.0 Å². The molecule has 1 aromatic heterocycles. The van der Waals surface area contributed by atoms with Crippen LogP contribution in [0.5, 0.6) is 5.75 Å². The summed E-state index contributed by atoms with van der Waals surface area (Å²) in [5, 5.41) is 24.2. The molecule has 1 saturated heterocycles. The number of ether oxygens (including phenoxy) is 1. The molecule has 0 spiro atoms. The summed E-state index contributed by atoms with van der Waals surface area (Å²) in [6, 6.07) is 11.6. The molecular formula is C23H28ClN5O2. The van der Waals surface area contributed by atoms with E-state index in [0.29, 0.717) is 34.7 Å². The van der Waals surface area contributed by atoms with Crippen molar-refractivity contribution in [2.24, 2.45) is 5.92 Å². The van der Waals surface area contributed by atoms with E-state index >= 15 is 0 Å². The number of nitrogens with two attached hydrogens (primary N) is 1. The van der Waals surface area contributed by atoms with Gasteiger partial charge in [0.2, 0.25) is 0 Å². The zero-order valence-corrected chi connectivity index (χ0v) is 18.4. The highest BCUT2D eigenvalue weighted by Crippen LogP contribution is 2.33. The van der Waals surface area contributed by atoms with E-state index < -0.39 is 0 Å². The minimum atomic E-state index is 0.256. The SMILES string of the molecule is COc1ccc(CNc2nnc(N3CCC(CCO)CC3)c3ccc(N)cc23)cc1Cl. The lowest BCUT2D eigenvalue weighted by atomic mass is 9.94. The number of fused-ring (bicyclic) bond motifs is 1. The molecule has 7 nitrogen and oxygen atoms in total. The Labute approximate surface area is 187 Å². The van der Waals surface area contributed by atoms with E-state index in [1.807, 2.05) is 36.4 Å². The van der Waals surface area contributed by atoms with E-state index in [0.717, 1.165) is 54.5 Å². The Hall–Kier alpha value is -2.77. The molecule has 0 saturated carbocycles. The summed E-state index contributed by atoms with van der Waals surface area (Å²) in [6.45, 7) is 2.63. The smallest absolute Gasteiger partial charge is 0.159 e. The summed E-state index contributed by atoms with van der Waals surface area (Å²) in [4.78, 5) is 2.28. The minimum absolute atomic E-state index is 0.256. The van der Waals surface area contributed by atoms with Gasteiger partial charge in [-0.05, 0) is 61.1 Å². The van der Waals surface area contributed by atoms with E-state index in [-0.39, 0.29) is 6.61 Å². The molecule has 3 aromatic rings. The van der Waals surface area contributed by atoms with Gasteiger partial charge in [-0.25, -0.2) is 0 Å². The number of hydrogen-bond acceptors (Lipinski definition) is 7. The Balaban J connectivity index is 1.57. The number of benzene rings is 2. The Morgan fingerprint density at radius 2 is 1.97 bits per heavy atom. The molecule has 0 radical (unpaired) electrons. The van der Waals surface area contributed by atoms with Gasteiger partial charge in [0.15, 0.2) is 11.6 Å². The zero-order valence-electron chi connectivity index (χ0n) is 17.6. The molecule has 0 amide bonds. The fourth-order valence-corrected chi connectivity index (χ4v) is 4.42. The van der Waals surface area contributed by atoms with Gasteiger partial charge in [-0.1, -0.05) is 17.7 Å². The van der Waals surface area contributed by atoms with E-state index in [1.54, 1.807) is 7.11 Å². The molecule has 0 aliphatic carbocycles. The molecule has 164 valence electrons. The summed E-state index contributed by atoms with van der Waals surface area (Å²) >= 11 is 6.25. The Bertz CT molecular complexity index is 1050. The van der Waals surface area contributed by atoms with Gasteiger partial charge in [0.05, 0.1) is 12.1 Å². The maximum Gasteiger partial charge on any atom is 0.159 e. The van der Waals surface area contributed by atoms with Gasteiger partial charge >= 0.3 is 0 Å². The highest BCUT2D eigenvalue weighted by atomic mass is 35.5. The monoisotopic (exact) mass is 441 g/mol. The number of nitrogens with one attached hydrogen (secondary N) is 1. The summed E-state index contributed by atoms with van der Waals surface area (Å²) < 4.78 is 5.22. The normalized spacial score (nSPS) is 14.7. The molecular weight excluding hydrogens is 414 g/mol. The van der Waals surface area contributed by atoms with Crippen molar-refractivity contribution in [3.8, 4) is 5.75 Å². The van der Waals surface area contributed by atoms with Crippen LogP contribution in [0.15, 0.2) is 36.4 Å². The Kier molecular flexibility index (Phi) is 6.63. The first-order valence-electron chi connectivity index (χ1n) is 10.6. The van der Waals surface area contributed by atoms with Crippen LogP contribution in [0.3, 0.4) is 0 Å². The fourth-order valence-electron chi connectivity index (χ4n) is 4.14. The van der Waals surface area contributed by atoms with Crippen LogP contribution in [0, 0.1) is 5.92 Å².